The summed E-state index contributed by atoms with van der Waals surface area (Å²) in [5.74, 6) is -2.49. The number of carbonyl (C=O) groups is 1. The Hall–Kier alpha value is -3.87. The Bertz CT molecular complexity index is 1390. The fourth-order valence-corrected chi connectivity index (χ4v) is 3.62. The number of aromatic amines is 1. The third kappa shape index (κ3) is 3.89. The number of hydrogen-bond donors (Lipinski definition) is 2. The molecule has 32 heavy (non-hydrogen) atoms. The Morgan fingerprint density at radius 2 is 2.09 bits per heavy atom. The number of amides is 1. The van der Waals surface area contributed by atoms with E-state index in [1.807, 2.05) is 6.92 Å². The summed E-state index contributed by atoms with van der Waals surface area (Å²) in [4.78, 5) is 44.8. The molecule has 1 atom stereocenters. The lowest BCUT2D eigenvalue weighted by Crippen LogP contribution is -2.34. The van der Waals surface area contributed by atoms with Crippen LogP contribution in [0.2, 0.25) is 0 Å². The second-order valence-corrected chi connectivity index (χ2v) is 7.68. The number of aryl methyl sites for hydroxylation is 1. The molecule has 2 heterocycles. The van der Waals surface area contributed by atoms with E-state index in [2.05, 4.69) is 15.3 Å². The number of benzene rings is 1. The molecule has 3 aromatic rings. The summed E-state index contributed by atoms with van der Waals surface area (Å²) < 4.78 is 28.7. The van der Waals surface area contributed by atoms with E-state index in [9.17, 15) is 28.4 Å². The Morgan fingerprint density at radius 1 is 1.34 bits per heavy atom. The van der Waals surface area contributed by atoms with E-state index < -0.39 is 34.8 Å². The van der Waals surface area contributed by atoms with E-state index in [-0.39, 0.29) is 34.6 Å². The number of nitriles is 1. The minimum atomic E-state index is -1.42. The minimum absolute atomic E-state index is 0.0641. The topological polar surface area (TPSA) is 121 Å². The van der Waals surface area contributed by atoms with E-state index in [0.29, 0.717) is 18.2 Å². The minimum Gasteiger partial charge on any atom is -0.332 e. The van der Waals surface area contributed by atoms with E-state index >= 15 is 0 Å². The van der Waals surface area contributed by atoms with Gasteiger partial charge < -0.3 is 5.32 Å². The van der Waals surface area contributed by atoms with Crippen molar-refractivity contribution in [2.24, 2.45) is 0 Å². The van der Waals surface area contributed by atoms with Gasteiger partial charge in [-0.2, -0.15) is 5.26 Å². The van der Waals surface area contributed by atoms with Crippen LogP contribution in [0.5, 0.6) is 0 Å². The number of aromatic nitrogens is 3. The Kier molecular flexibility index (Phi) is 5.57. The maximum absolute atomic E-state index is 14.2. The van der Waals surface area contributed by atoms with Crippen LogP contribution >= 0.6 is 0 Å². The van der Waals surface area contributed by atoms with Crippen molar-refractivity contribution in [1.82, 2.24) is 19.9 Å². The molecule has 10 heteroatoms. The zero-order valence-electron chi connectivity index (χ0n) is 17.1. The third-order valence-corrected chi connectivity index (χ3v) is 5.33. The molecule has 0 spiro atoms. The average molecular weight is 439 g/mol. The first-order valence-electron chi connectivity index (χ1n) is 10.2. The lowest BCUT2D eigenvalue weighted by molar-refractivity contribution is 0.0946. The molecule has 2 N–H and O–H groups in total. The number of rotatable bonds is 6. The Morgan fingerprint density at radius 3 is 2.72 bits per heavy atom. The highest BCUT2D eigenvalue weighted by Crippen LogP contribution is 2.40. The van der Waals surface area contributed by atoms with Gasteiger partial charge in [0, 0.05) is 29.8 Å². The molecule has 1 fully saturated rings. The van der Waals surface area contributed by atoms with Gasteiger partial charge in [-0.05, 0) is 31.4 Å². The molecule has 0 aliphatic heterocycles. The first kappa shape index (κ1) is 21.4. The third-order valence-electron chi connectivity index (χ3n) is 5.33. The molecule has 1 aromatic carbocycles. The van der Waals surface area contributed by atoms with Gasteiger partial charge in [0.25, 0.3) is 11.5 Å². The van der Waals surface area contributed by atoms with Crippen molar-refractivity contribution < 1.29 is 13.6 Å². The highest BCUT2D eigenvalue weighted by Gasteiger charge is 2.29. The van der Waals surface area contributed by atoms with Gasteiger partial charge in [-0.3, -0.25) is 19.1 Å². The first-order chi connectivity index (χ1) is 15.3. The summed E-state index contributed by atoms with van der Waals surface area (Å²) in [6.07, 6.45) is 2.32. The number of nitrogens with one attached hydrogen (secondary N) is 2. The largest absolute Gasteiger partial charge is 0.332 e. The van der Waals surface area contributed by atoms with Gasteiger partial charge in [-0.15, -0.1) is 0 Å². The molecule has 164 valence electrons. The molecule has 0 radical (unpaired) electrons. The van der Waals surface area contributed by atoms with Crippen molar-refractivity contribution in [1.29, 1.82) is 5.26 Å². The van der Waals surface area contributed by atoms with Crippen molar-refractivity contribution in [3.05, 3.63) is 73.6 Å². The number of H-pyrrole nitrogens is 1. The normalized spacial score (nSPS) is 14.2. The predicted octanol–water partition coefficient (Wildman–Crippen LogP) is 2.65. The molecule has 0 bridgehead atoms. The van der Waals surface area contributed by atoms with Gasteiger partial charge in [0.05, 0.1) is 17.0 Å². The highest BCUT2D eigenvalue weighted by atomic mass is 19.1. The summed E-state index contributed by atoms with van der Waals surface area (Å²) >= 11 is 0. The highest BCUT2D eigenvalue weighted by molar-refractivity contribution is 6.05. The fraction of sp³-hybridized carbons (Fsp3) is 0.318. The van der Waals surface area contributed by atoms with E-state index in [0.717, 1.165) is 25.0 Å². The number of fused-ring (bicyclic) bond motifs is 1. The van der Waals surface area contributed by atoms with Crippen molar-refractivity contribution in [2.45, 2.75) is 44.7 Å². The van der Waals surface area contributed by atoms with Crippen LogP contribution in [0.1, 0.15) is 59.8 Å². The molecule has 1 aliphatic rings. The quantitative estimate of drug-likeness (QED) is 0.612. The summed E-state index contributed by atoms with van der Waals surface area (Å²) in [5, 5.41) is 11.8. The molecule has 1 unspecified atom stereocenters. The first-order valence-corrected chi connectivity index (χ1v) is 10.2. The van der Waals surface area contributed by atoms with Crippen LogP contribution < -0.4 is 16.6 Å². The number of nitrogens with zero attached hydrogens (tertiary/aromatic N) is 3. The molecular formula is C22H19F2N5O3. The van der Waals surface area contributed by atoms with E-state index in [4.69, 9.17) is 0 Å². The van der Waals surface area contributed by atoms with Crippen molar-refractivity contribution >= 4 is 16.9 Å². The van der Waals surface area contributed by atoms with Crippen LogP contribution in [-0.2, 0) is 6.54 Å². The molecule has 4 rings (SSSR count). The number of pyridine rings is 1. The van der Waals surface area contributed by atoms with Crippen molar-refractivity contribution in [3.8, 4) is 6.07 Å². The second kappa shape index (κ2) is 8.34. The molecule has 1 aliphatic carbocycles. The molecule has 0 saturated heterocycles. The number of hydrogen-bond acceptors (Lipinski definition) is 5. The van der Waals surface area contributed by atoms with Crippen LogP contribution in [0.4, 0.5) is 8.78 Å². The fourth-order valence-electron chi connectivity index (χ4n) is 3.62. The molecule has 1 saturated carbocycles. The van der Waals surface area contributed by atoms with Gasteiger partial charge >= 0.3 is 5.69 Å². The van der Waals surface area contributed by atoms with Crippen molar-refractivity contribution in [2.75, 3.05) is 0 Å². The summed E-state index contributed by atoms with van der Waals surface area (Å²) in [6, 6.07) is 4.51. The van der Waals surface area contributed by atoms with Gasteiger partial charge in [0.15, 0.2) is 5.65 Å². The maximum atomic E-state index is 14.2. The number of halogens is 2. The summed E-state index contributed by atoms with van der Waals surface area (Å²) in [6.45, 7) is 2.15. The lowest BCUT2D eigenvalue weighted by Gasteiger charge is -2.16. The van der Waals surface area contributed by atoms with E-state index in [1.165, 1.54) is 10.6 Å². The molecular weight excluding hydrogens is 420 g/mol. The van der Waals surface area contributed by atoms with Crippen LogP contribution in [0.25, 0.3) is 11.0 Å². The smallest absolute Gasteiger partial charge is 0.329 e. The predicted molar refractivity (Wildman–Crippen MR) is 111 cm³/mol. The van der Waals surface area contributed by atoms with Gasteiger partial charge in [-0.25, -0.2) is 18.6 Å². The Balaban J connectivity index is 1.85. The van der Waals surface area contributed by atoms with E-state index in [1.54, 1.807) is 6.07 Å². The second-order valence-electron chi connectivity index (χ2n) is 7.68. The van der Waals surface area contributed by atoms with Crippen LogP contribution in [-0.4, -0.2) is 20.4 Å². The van der Waals surface area contributed by atoms with Crippen LogP contribution in [0.15, 0.2) is 33.9 Å². The van der Waals surface area contributed by atoms with Gasteiger partial charge in [-0.1, -0.05) is 13.0 Å². The zero-order valence-corrected chi connectivity index (χ0v) is 17.1. The zero-order chi connectivity index (χ0) is 23.0. The van der Waals surface area contributed by atoms with Crippen molar-refractivity contribution in [3.63, 3.8) is 0 Å². The molecule has 1 amide bonds. The standard InChI is InChI=1S/C22H19F2N5O3/c1-2-7-29-19-18(21(31)28-22(29)32)14(9-16(26-19)11-3-4-11)20(30)27-17(10-25)13-6-5-12(23)8-15(13)24/h5-6,8-9,11,17H,2-4,7H2,1H3,(H,27,30)(H,28,31,32). The summed E-state index contributed by atoms with van der Waals surface area (Å²) in [5.41, 5.74) is -1.01. The average Bonchev–Trinajstić information content (AvgIpc) is 3.60. The molecule has 8 nitrogen and oxygen atoms in total. The Labute approximate surface area is 180 Å². The van der Waals surface area contributed by atoms with Crippen LogP contribution in [0.3, 0.4) is 0 Å². The molecule has 2 aromatic heterocycles. The monoisotopic (exact) mass is 439 g/mol. The van der Waals surface area contributed by atoms with Gasteiger partial charge in [0.1, 0.15) is 17.7 Å². The number of carbonyl (C=O) groups excluding carboxylic acids is 1. The SMILES string of the molecule is CCCn1c(=O)[nH]c(=O)c2c(C(=O)NC(C#N)c3ccc(F)cc3F)cc(C3CC3)nc21. The van der Waals surface area contributed by atoms with Gasteiger partial charge in [0.2, 0.25) is 0 Å². The van der Waals surface area contributed by atoms with Crippen LogP contribution in [0, 0.1) is 23.0 Å². The lowest BCUT2D eigenvalue weighted by atomic mass is 10.0. The summed E-state index contributed by atoms with van der Waals surface area (Å²) in [7, 11) is 0. The maximum Gasteiger partial charge on any atom is 0.329 e.